The Morgan fingerprint density at radius 2 is 1.59 bits per heavy atom. The van der Waals surface area contributed by atoms with Gasteiger partial charge in [-0.15, -0.1) is 0 Å². The van der Waals surface area contributed by atoms with Gasteiger partial charge in [0.25, 0.3) is 0 Å². The van der Waals surface area contributed by atoms with Gasteiger partial charge in [0.05, 0.1) is 5.60 Å². The molecule has 0 bridgehead atoms. The molecule has 1 N–H and O–H groups in total. The summed E-state index contributed by atoms with van der Waals surface area (Å²) in [6.07, 6.45) is 0.578. The Morgan fingerprint density at radius 1 is 1.00 bits per heavy atom. The molecule has 0 aliphatic carbocycles. The van der Waals surface area contributed by atoms with Crippen LogP contribution in [-0.4, -0.2) is 5.11 Å². The molecule has 1 atom stereocenters. The number of aliphatic hydroxyl groups is 1. The molecule has 2 aromatic rings. The van der Waals surface area contributed by atoms with Crippen molar-refractivity contribution in [2.75, 3.05) is 0 Å². The van der Waals surface area contributed by atoms with Crippen molar-refractivity contribution in [2.45, 2.75) is 18.9 Å². The standard InChI is InChI=1S/C15H15ClO/c1-15(17,13-5-3-2-4-6-13)11-12-7-9-14(16)10-8-12/h2-10,17H,11H2,1H3/t15-/m0/s1. The van der Waals surface area contributed by atoms with E-state index in [1.165, 1.54) is 0 Å². The van der Waals surface area contributed by atoms with Crippen molar-refractivity contribution in [3.05, 3.63) is 70.7 Å². The van der Waals surface area contributed by atoms with Crippen LogP contribution in [0.15, 0.2) is 54.6 Å². The SMILES string of the molecule is C[C@](O)(Cc1ccc(Cl)cc1)c1ccccc1. The van der Waals surface area contributed by atoms with E-state index in [0.29, 0.717) is 11.4 Å². The maximum atomic E-state index is 10.5. The zero-order valence-electron chi connectivity index (χ0n) is 9.73. The number of halogens is 1. The first kappa shape index (κ1) is 12.2. The highest BCUT2D eigenvalue weighted by Gasteiger charge is 2.22. The summed E-state index contributed by atoms with van der Waals surface area (Å²) in [7, 11) is 0. The third-order valence-corrected chi connectivity index (χ3v) is 3.11. The number of benzene rings is 2. The lowest BCUT2D eigenvalue weighted by Gasteiger charge is -2.24. The second kappa shape index (κ2) is 4.91. The quantitative estimate of drug-likeness (QED) is 0.874. The van der Waals surface area contributed by atoms with Crippen molar-refractivity contribution < 1.29 is 5.11 Å². The summed E-state index contributed by atoms with van der Waals surface area (Å²) < 4.78 is 0. The van der Waals surface area contributed by atoms with Crippen LogP contribution in [0.5, 0.6) is 0 Å². The van der Waals surface area contributed by atoms with E-state index < -0.39 is 5.60 Å². The second-order valence-corrected chi connectivity index (χ2v) is 4.88. The maximum absolute atomic E-state index is 10.5. The molecular formula is C15H15ClO. The van der Waals surface area contributed by atoms with E-state index in [1.54, 1.807) is 0 Å². The molecule has 2 heteroatoms. The van der Waals surface area contributed by atoms with Gasteiger partial charge in [-0.1, -0.05) is 54.1 Å². The van der Waals surface area contributed by atoms with Crippen molar-refractivity contribution >= 4 is 11.6 Å². The molecule has 0 aliphatic rings. The van der Waals surface area contributed by atoms with Crippen LogP contribution in [0.25, 0.3) is 0 Å². The summed E-state index contributed by atoms with van der Waals surface area (Å²) in [6.45, 7) is 1.83. The largest absolute Gasteiger partial charge is 0.385 e. The summed E-state index contributed by atoms with van der Waals surface area (Å²) in [4.78, 5) is 0. The Balaban J connectivity index is 2.20. The molecule has 0 amide bonds. The molecule has 0 fully saturated rings. The normalized spacial score (nSPS) is 14.3. The molecule has 0 unspecified atom stereocenters. The Morgan fingerprint density at radius 3 is 2.18 bits per heavy atom. The fourth-order valence-corrected chi connectivity index (χ4v) is 2.02. The van der Waals surface area contributed by atoms with Gasteiger partial charge in [0.2, 0.25) is 0 Å². The lowest BCUT2D eigenvalue weighted by atomic mass is 9.89. The van der Waals surface area contributed by atoms with Crippen LogP contribution < -0.4 is 0 Å². The summed E-state index contributed by atoms with van der Waals surface area (Å²) in [6, 6.07) is 17.3. The molecule has 17 heavy (non-hydrogen) atoms. The monoisotopic (exact) mass is 246 g/mol. The summed E-state index contributed by atoms with van der Waals surface area (Å²) in [5.74, 6) is 0. The highest BCUT2D eigenvalue weighted by molar-refractivity contribution is 6.30. The van der Waals surface area contributed by atoms with Gasteiger partial charge in [-0.25, -0.2) is 0 Å². The molecule has 0 saturated heterocycles. The van der Waals surface area contributed by atoms with Crippen LogP contribution in [0.3, 0.4) is 0 Å². The van der Waals surface area contributed by atoms with Gasteiger partial charge in [0.1, 0.15) is 0 Å². The first-order chi connectivity index (χ1) is 8.08. The van der Waals surface area contributed by atoms with E-state index in [2.05, 4.69) is 0 Å². The van der Waals surface area contributed by atoms with Gasteiger partial charge in [0.15, 0.2) is 0 Å². The molecule has 88 valence electrons. The third-order valence-electron chi connectivity index (χ3n) is 2.86. The fraction of sp³-hybridized carbons (Fsp3) is 0.200. The van der Waals surface area contributed by atoms with Gasteiger partial charge in [0, 0.05) is 11.4 Å². The molecular weight excluding hydrogens is 232 g/mol. The number of hydrogen-bond acceptors (Lipinski definition) is 1. The van der Waals surface area contributed by atoms with Crippen LogP contribution in [0.1, 0.15) is 18.1 Å². The van der Waals surface area contributed by atoms with Crippen molar-refractivity contribution in [1.29, 1.82) is 0 Å². The Bertz CT molecular complexity index is 474. The minimum Gasteiger partial charge on any atom is -0.385 e. The van der Waals surface area contributed by atoms with Crippen LogP contribution >= 0.6 is 11.6 Å². The van der Waals surface area contributed by atoms with Crippen LogP contribution in [-0.2, 0) is 12.0 Å². The van der Waals surface area contributed by atoms with Crippen molar-refractivity contribution in [3.63, 3.8) is 0 Å². The molecule has 0 radical (unpaired) electrons. The molecule has 0 spiro atoms. The number of hydrogen-bond donors (Lipinski definition) is 1. The minimum absolute atomic E-state index is 0.578. The molecule has 0 aromatic heterocycles. The average molecular weight is 247 g/mol. The highest BCUT2D eigenvalue weighted by Crippen LogP contribution is 2.25. The van der Waals surface area contributed by atoms with Crippen LogP contribution in [0.4, 0.5) is 0 Å². The molecule has 0 saturated carbocycles. The van der Waals surface area contributed by atoms with E-state index in [0.717, 1.165) is 11.1 Å². The predicted octanol–water partition coefficient (Wildman–Crippen LogP) is 3.79. The average Bonchev–Trinajstić information content (AvgIpc) is 2.33. The van der Waals surface area contributed by atoms with Gasteiger partial charge >= 0.3 is 0 Å². The first-order valence-electron chi connectivity index (χ1n) is 5.60. The van der Waals surface area contributed by atoms with Gasteiger partial charge in [-0.2, -0.15) is 0 Å². The molecule has 2 aromatic carbocycles. The Labute approximate surface area is 107 Å². The van der Waals surface area contributed by atoms with Crippen LogP contribution in [0.2, 0.25) is 5.02 Å². The van der Waals surface area contributed by atoms with Crippen LogP contribution in [0, 0.1) is 0 Å². The minimum atomic E-state index is -0.852. The van der Waals surface area contributed by atoms with Gasteiger partial charge < -0.3 is 5.11 Å². The van der Waals surface area contributed by atoms with Crippen molar-refractivity contribution in [2.24, 2.45) is 0 Å². The van der Waals surface area contributed by atoms with Gasteiger partial charge in [-0.05, 0) is 30.2 Å². The molecule has 0 aliphatic heterocycles. The first-order valence-corrected chi connectivity index (χ1v) is 5.98. The highest BCUT2D eigenvalue weighted by atomic mass is 35.5. The van der Waals surface area contributed by atoms with E-state index in [1.807, 2.05) is 61.5 Å². The topological polar surface area (TPSA) is 20.2 Å². The lowest BCUT2D eigenvalue weighted by molar-refractivity contribution is 0.0576. The van der Waals surface area contributed by atoms with E-state index in [-0.39, 0.29) is 0 Å². The lowest BCUT2D eigenvalue weighted by Crippen LogP contribution is -2.24. The maximum Gasteiger partial charge on any atom is 0.0908 e. The zero-order valence-corrected chi connectivity index (χ0v) is 10.5. The summed E-state index contributed by atoms with van der Waals surface area (Å²) >= 11 is 5.84. The molecule has 2 rings (SSSR count). The van der Waals surface area contributed by atoms with E-state index >= 15 is 0 Å². The fourth-order valence-electron chi connectivity index (χ4n) is 1.90. The number of rotatable bonds is 3. The van der Waals surface area contributed by atoms with Crippen molar-refractivity contribution in [1.82, 2.24) is 0 Å². The third kappa shape index (κ3) is 3.09. The summed E-state index contributed by atoms with van der Waals surface area (Å²) in [5, 5.41) is 11.2. The predicted molar refractivity (Wildman–Crippen MR) is 71.2 cm³/mol. The molecule has 0 heterocycles. The van der Waals surface area contributed by atoms with E-state index in [9.17, 15) is 5.11 Å². The van der Waals surface area contributed by atoms with Crippen molar-refractivity contribution in [3.8, 4) is 0 Å². The Hall–Kier alpha value is -1.31. The summed E-state index contributed by atoms with van der Waals surface area (Å²) in [5.41, 5.74) is 1.15. The second-order valence-electron chi connectivity index (χ2n) is 4.44. The van der Waals surface area contributed by atoms with Gasteiger partial charge in [-0.3, -0.25) is 0 Å². The van der Waals surface area contributed by atoms with E-state index in [4.69, 9.17) is 11.6 Å². The Kier molecular flexibility index (Phi) is 3.51. The zero-order chi connectivity index (χ0) is 12.3. The molecule has 1 nitrogen and oxygen atoms in total. The smallest absolute Gasteiger partial charge is 0.0908 e.